The number of fused-ring (bicyclic) bond motifs is 1. The quantitative estimate of drug-likeness (QED) is 0.677. The molecule has 3 aromatic rings. The van der Waals surface area contributed by atoms with Crippen LogP contribution in [0.2, 0.25) is 0 Å². The van der Waals surface area contributed by atoms with E-state index in [4.69, 9.17) is 4.98 Å². The lowest BCUT2D eigenvalue weighted by atomic mass is 10.00. The first-order valence-corrected chi connectivity index (χ1v) is 11.3. The first-order valence-electron chi connectivity index (χ1n) is 10.4. The molecular formula is C22H24N6OS. The van der Waals surface area contributed by atoms with E-state index in [0.29, 0.717) is 12.5 Å². The summed E-state index contributed by atoms with van der Waals surface area (Å²) in [7, 11) is 0. The Hall–Kier alpha value is -2.84. The number of anilines is 3. The van der Waals surface area contributed by atoms with Crippen molar-refractivity contribution in [3.8, 4) is 0 Å². The fraction of sp³-hybridized carbons (Fsp3) is 0.364. The van der Waals surface area contributed by atoms with Crippen molar-refractivity contribution in [2.75, 3.05) is 29.9 Å². The van der Waals surface area contributed by atoms with Crippen LogP contribution < -0.4 is 10.2 Å². The highest BCUT2D eigenvalue weighted by molar-refractivity contribution is 7.13. The highest BCUT2D eigenvalue weighted by atomic mass is 32.1. The molecule has 0 radical (unpaired) electrons. The average molecular weight is 421 g/mol. The predicted molar refractivity (Wildman–Crippen MR) is 118 cm³/mol. The topological polar surface area (TPSA) is 74.2 Å². The minimum Gasteiger partial charge on any atom is -0.311 e. The van der Waals surface area contributed by atoms with E-state index >= 15 is 0 Å². The van der Waals surface area contributed by atoms with Crippen LogP contribution in [0.4, 0.5) is 16.8 Å². The van der Waals surface area contributed by atoms with Crippen molar-refractivity contribution in [3.05, 3.63) is 59.4 Å². The zero-order chi connectivity index (χ0) is 20.3. The maximum Gasteiger partial charge on any atom is 0.241 e. The zero-order valence-electron chi connectivity index (χ0n) is 16.7. The Morgan fingerprint density at radius 3 is 2.90 bits per heavy atom. The number of thiazole rings is 1. The van der Waals surface area contributed by atoms with Gasteiger partial charge in [0.2, 0.25) is 11.9 Å². The Morgan fingerprint density at radius 1 is 1.13 bits per heavy atom. The highest BCUT2D eigenvalue weighted by Gasteiger charge is 2.31. The summed E-state index contributed by atoms with van der Waals surface area (Å²) in [4.78, 5) is 30.6. The summed E-state index contributed by atoms with van der Waals surface area (Å²) >= 11 is 1.55. The first kappa shape index (κ1) is 19.1. The lowest BCUT2D eigenvalue weighted by molar-refractivity contribution is -0.120. The summed E-state index contributed by atoms with van der Waals surface area (Å²) in [5.41, 5.74) is 3.35. The molecule has 1 atom stereocenters. The fourth-order valence-corrected chi connectivity index (χ4v) is 5.08. The molecule has 5 rings (SSSR count). The molecule has 30 heavy (non-hydrogen) atoms. The molecule has 8 heteroatoms. The van der Waals surface area contributed by atoms with E-state index in [1.807, 2.05) is 17.0 Å². The van der Waals surface area contributed by atoms with Crippen molar-refractivity contribution < 1.29 is 4.79 Å². The number of piperidine rings is 1. The maximum atomic E-state index is 13.1. The molecule has 1 amide bonds. The Balaban J connectivity index is 1.29. The third kappa shape index (κ3) is 3.93. The average Bonchev–Trinajstić information content (AvgIpc) is 3.42. The maximum absolute atomic E-state index is 13.1. The summed E-state index contributed by atoms with van der Waals surface area (Å²) in [6, 6.07) is 10.2. The van der Waals surface area contributed by atoms with Crippen LogP contribution in [0.15, 0.2) is 48.1 Å². The summed E-state index contributed by atoms with van der Waals surface area (Å²) < 4.78 is 0. The van der Waals surface area contributed by atoms with Crippen molar-refractivity contribution in [2.45, 2.75) is 31.7 Å². The van der Waals surface area contributed by atoms with Crippen molar-refractivity contribution >= 4 is 34.0 Å². The molecule has 1 aromatic carbocycles. The number of hydrogen-bond donors (Lipinski definition) is 1. The summed E-state index contributed by atoms with van der Waals surface area (Å²) in [5.74, 6) is 0.722. The summed E-state index contributed by atoms with van der Waals surface area (Å²) in [6.07, 6.45) is 7.64. The molecule has 7 nitrogen and oxygen atoms in total. The lowest BCUT2D eigenvalue weighted by Crippen LogP contribution is -2.43. The second-order valence-corrected chi connectivity index (χ2v) is 8.54. The monoisotopic (exact) mass is 420 g/mol. The van der Waals surface area contributed by atoms with Gasteiger partial charge in [-0.05, 0) is 43.5 Å². The van der Waals surface area contributed by atoms with Gasteiger partial charge >= 0.3 is 0 Å². The van der Waals surface area contributed by atoms with Crippen LogP contribution in [0, 0.1) is 0 Å². The van der Waals surface area contributed by atoms with Gasteiger partial charge < -0.3 is 10.2 Å². The molecule has 0 saturated carbocycles. The fourth-order valence-electron chi connectivity index (χ4n) is 4.33. The molecule has 1 saturated heterocycles. The Bertz CT molecular complexity index is 1020. The minimum atomic E-state index is 0.170. The van der Waals surface area contributed by atoms with E-state index in [1.165, 1.54) is 5.56 Å². The number of amides is 1. The van der Waals surface area contributed by atoms with Crippen molar-refractivity contribution in [1.82, 2.24) is 19.9 Å². The van der Waals surface area contributed by atoms with Crippen molar-refractivity contribution in [3.63, 3.8) is 0 Å². The highest BCUT2D eigenvalue weighted by Crippen LogP contribution is 2.34. The lowest BCUT2D eigenvalue weighted by Gasteiger charge is -2.35. The molecule has 1 unspecified atom stereocenters. The van der Waals surface area contributed by atoms with Gasteiger partial charge in [0, 0.05) is 30.0 Å². The first-order chi connectivity index (χ1) is 14.8. The van der Waals surface area contributed by atoms with E-state index in [0.717, 1.165) is 55.3 Å². The van der Waals surface area contributed by atoms with E-state index in [2.05, 4.69) is 37.7 Å². The van der Waals surface area contributed by atoms with E-state index in [-0.39, 0.29) is 11.9 Å². The van der Waals surface area contributed by atoms with E-state index in [9.17, 15) is 4.79 Å². The number of likely N-dealkylation sites (tertiary alicyclic amines) is 1. The summed E-state index contributed by atoms with van der Waals surface area (Å²) in [6.45, 7) is 2.13. The number of rotatable bonds is 5. The molecule has 2 aliphatic rings. The minimum absolute atomic E-state index is 0.170. The van der Waals surface area contributed by atoms with E-state index < -0.39 is 0 Å². The second kappa shape index (κ2) is 8.49. The molecule has 2 aromatic heterocycles. The molecule has 2 aliphatic heterocycles. The van der Waals surface area contributed by atoms with Gasteiger partial charge in [0.1, 0.15) is 0 Å². The Labute approximate surface area is 179 Å². The van der Waals surface area contributed by atoms with Crippen LogP contribution in [0.5, 0.6) is 0 Å². The normalized spacial score (nSPS) is 18.9. The third-order valence-electron chi connectivity index (χ3n) is 5.79. The van der Waals surface area contributed by atoms with Crippen LogP contribution in [-0.4, -0.2) is 45.4 Å². The van der Waals surface area contributed by atoms with Gasteiger partial charge in [0.05, 0.1) is 18.3 Å². The van der Waals surface area contributed by atoms with Gasteiger partial charge in [-0.1, -0.05) is 24.6 Å². The molecule has 1 fully saturated rings. The van der Waals surface area contributed by atoms with Crippen molar-refractivity contribution in [2.24, 2.45) is 0 Å². The smallest absolute Gasteiger partial charge is 0.241 e. The number of nitrogens with zero attached hydrogens (tertiary/aromatic N) is 5. The number of aromatic nitrogens is 3. The van der Waals surface area contributed by atoms with Gasteiger partial charge in [-0.15, -0.1) is 11.3 Å². The second-order valence-electron chi connectivity index (χ2n) is 7.68. The number of carbonyl (C=O) groups is 1. The van der Waals surface area contributed by atoms with Gasteiger partial charge in [-0.25, -0.2) is 15.0 Å². The van der Waals surface area contributed by atoms with Crippen molar-refractivity contribution in [1.29, 1.82) is 0 Å². The molecule has 1 N–H and O–H groups in total. The van der Waals surface area contributed by atoms with Gasteiger partial charge in [0.25, 0.3) is 0 Å². The Kier molecular flexibility index (Phi) is 5.42. The molecule has 0 aliphatic carbocycles. The number of carbonyl (C=O) groups excluding carboxylic acids is 1. The number of nitrogens with one attached hydrogen (secondary N) is 1. The standard InChI is InChI=1S/C22H24N6OS/c29-20(28-13-9-16-6-1-2-7-18(16)28)14-27-12-4-3-8-19(27)17-15-30-22(25-17)26-21-23-10-5-11-24-21/h1-2,5-7,10-11,15,19H,3-4,8-9,12-14H2,(H,23,24,25,26). The number of benzene rings is 1. The molecule has 154 valence electrons. The third-order valence-corrected chi connectivity index (χ3v) is 6.56. The van der Waals surface area contributed by atoms with Gasteiger partial charge in [-0.3, -0.25) is 9.69 Å². The Morgan fingerprint density at radius 2 is 2.00 bits per heavy atom. The number of para-hydroxylation sites is 1. The van der Waals surface area contributed by atoms with Gasteiger partial charge in [0.15, 0.2) is 5.13 Å². The SMILES string of the molecule is O=C(CN1CCCCC1c1csc(Nc2ncccn2)n1)N1CCc2ccccc21. The molecular weight excluding hydrogens is 396 g/mol. The van der Waals surface area contributed by atoms with Crippen LogP contribution in [0.25, 0.3) is 0 Å². The van der Waals surface area contributed by atoms with Crippen LogP contribution in [0.1, 0.15) is 36.6 Å². The van der Waals surface area contributed by atoms with Crippen LogP contribution in [-0.2, 0) is 11.2 Å². The van der Waals surface area contributed by atoms with E-state index in [1.54, 1.807) is 29.8 Å². The summed E-state index contributed by atoms with van der Waals surface area (Å²) in [5, 5.41) is 6.03. The van der Waals surface area contributed by atoms with Gasteiger partial charge in [-0.2, -0.15) is 0 Å². The molecule has 0 bridgehead atoms. The van der Waals surface area contributed by atoms with Crippen LogP contribution >= 0.6 is 11.3 Å². The number of hydrogen-bond acceptors (Lipinski definition) is 7. The zero-order valence-corrected chi connectivity index (χ0v) is 17.5. The molecule has 4 heterocycles. The largest absolute Gasteiger partial charge is 0.311 e. The molecule has 0 spiro atoms. The van der Waals surface area contributed by atoms with Crippen LogP contribution in [0.3, 0.4) is 0 Å². The predicted octanol–water partition coefficient (Wildman–Crippen LogP) is 3.79.